The third-order valence-electron chi connectivity index (χ3n) is 3.49. The second-order valence-electron chi connectivity index (χ2n) is 5.30. The van der Waals surface area contributed by atoms with E-state index >= 15 is 0 Å². The summed E-state index contributed by atoms with van der Waals surface area (Å²) in [6.07, 6.45) is 0. The first kappa shape index (κ1) is 16.0. The minimum Gasteiger partial charge on any atom is -0.488 e. The molecule has 0 radical (unpaired) electrons. The highest BCUT2D eigenvalue weighted by Crippen LogP contribution is 2.33. The van der Waals surface area contributed by atoms with Crippen LogP contribution in [0.5, 0.6) is 5.75 Å². The van der Waals surface area contributed by atoms with Crippen LogP contribution in [-0.4, -0.2) is 21.3 Å². The molecule has 0 aliphatic rings. The SMILES string of the molecule is Cc1ccc(COc2ccc(Cl)cc2-c2n[nH]nc2C(N)=O)cc1. The summed E-state index contributed by atoms with van der Waals surface area (Å²) in [7, 11) is 0. The lowest BCUT2D eigenvalue weighted by molar-refractivity contribution is 0.0996. The zero-order chi connectivity index (χ0) is 17.1. The van der Waals surface area contributed by atoms with E-state index in [4.69, 9.17) is 22.1 Å². The van der Waals surface area contributed by atoms with Crippen molar-refractivity contribution < 1.29 is 9.53 Å². The quantitative estimate of drug-likeness (QED) is 0.744. The van der Waals surface area contributed by atoms with E-state index < -0.39 is 5.91 Å². The minimum absolute atomic E-state index is 0.0393. The van der Waals surface area contributed by atoms with Gasteiger partial charge in [-0.05, 0) is 30.7 Å². The molecule has 1 aromatic heterocycles. The molecule has 122 valence electrons. The number of aromatic nitrogens is 3. The van der Waals surface area contributed by atoms with E-state index in [1.165, 1.54) is 5.56 Å². The molecule has 2 aromatic carbocycles. The molecule has 0 unspecified atom stereocenters. The average molecular weight is 343 g/mol. The normalized spacial score (nSPS) is 10.6. The molecule has 24 heavy (non-hydrogen) atoms. The fourth-order valence-corrected chi connectivity index (χ4v) is 2.42. The van der Waals surface area contributed by atoms with Crippen LogP contribution < -0.4 is 10.5 Å². The number of nitrogens with two attached hydrogens (primary N) is 1. The molecule has 1 amide bonds. The number of amides is 1. The van der Waals surface area contributed by atoms with E-state index in [0.29, 0.717) is 28.6 Å². The van der Waals surface area contributed by atoms with Crippen molar-refractivity contribution in [1.29, 1.82) is 0 Å². The molecule has 1 heterocycles. The lowest BCUT2D eigenvalue weighted by atomic mass is 10.1. The molecule has 3 N–H and O–H groups in total. The number of carbonyl (C=O) groups is 1. The highest BCUT2D eigenvalue weighted by Gasteiger charge is 2.19. The van der Waals surface area contributed by atoms with Crippen LogP contribution in [-0.2, 0) is 6.61 Å². The summed E-state index contributed by atoms with van der Waals surface area (Å²) >= 11 is 6.07. The smallest absolute Gasteiger partial charge is 0.271 e. The third-order valence-corrected chi connectivity index (χ3v) is 3.73. The number of nitrogens with zero attached hydrogens (tertiary/aromatic N) is 2. The van der Waals surface area contributed by atoms with Gasteiger partial charge in [-0.1, -0.05) is 41.4 Å². The van der Waals surface area contributed by atoms with Gasteiger partial charge in [0.15, 0.2) is 5.69 Å². The molecule has 0 bridgehead atoms. The van der Waals surface area contributed by atoms with Crippen molar-refractivity contribution in [1.82, 2.24) is 15.4 Å². The van der Waals surface area contributed by atoms with Crippen LogP contribution in [0.3, 0.4) is 0 Å². The Balaban J connectivity index is 1.92. The number of nitrogens with one attached hydrogen (secondary N) is 1. The van der Waals surface area contributed by atoms with E-state index in [1.807, 2.05) is 31.2 Å². The molecule has 0 spiro atoms. The molecular formula is C17H15ClN4O2. The fraction of sp³-hybridized carbons (Fsp3) is 0.118. The molecular weight excluding hydrogens is 328 g/mol. The van der Waals surface area contributed by atoms with Gasteiger partial charge in [0, 0.05) is 10.6 Å². The molecule has 3 rings (SSSR count). The predicted molar refractivity (Wildman–Crippen MR) is 90.9 cm³/mol. The molecule has 6 nitrogen and oxygen atoms in total. The number of H-pyrrole nitrogens is 1. The van der Waals surface area contributed by atoms with E-state index in [0.717, 1.165) is 5.56 Å². The number of aromatic amines is 1. The van der Waals surface area contributed by atoms with Crippen LogP contribution in [0.4, 0.5) is 0 Å². The van der Waals surface area contributed by atoms with Gasteiger partial charge in [-0.15, -0.1) is 0 Å². The van der Waals surface area contributed by atoms with Crippen molar-refractivity contribution in [3.63, 3.8) is 0 Å². The Morgan fingerprint density at radius 2 is 1.96 bits per heavy atom. The molecule has 0 atom stereocenters. The number of primary amides is 1. The standard InChI is InChI=1S/C17H15ClN4O2/c1-10-2-4-11(5-3-10)9-24-14-7-6-12(18)8-13(14)15-16(17(19)23)21-22-20-15/h2-8H,9H2,1H3,(H2,19,23)(H,20,21,22). The van der Waals surface area contributed by atoms with Gasteiger partial charge in [0.2, 0.25) is 0 Å². The zero-order valence-electron chi connectivity index (χ0n) is 12.9. The first-order chi connectivity index (χ1) is 11.5. The molecule has 0 saturated heterocycles. The Bertz CT molecular complexity index is 875. The topological polar surface area (TPSA) is 93.9 Å². The molecule has 0 fully saturated rings. The fourth-order valence-electron chi connectivity index (χ4n) is 2.25. The summed E-state index contributed by atoms with van der Waals surface area (Å²) in [5, 5.41) is 10.7. The van der Waals surface area contributed by atoms with E-state index in [9.17, 15) is 4.79 Å². The number of hydrogen-bond donors (Lipinski definition) is 2. The van der Waals surface area contributed by atoms with Crippen molar-refractivity contribution in [2.45, 2.75) is 13.5 Å². The van der Waals surface area contributed by atoms with Gasteiger partial charge in [0.05, 0.1) is 0 Å². The minimum atomic E-state index is -0.678. The Kier molecular flexibility index (Phi) is 4.48. The van der Waals surface area contributed by atoms with E-state index in [1.54, 1.807) is 18.2 Å². The van der Waals surface area contributed by atoms with Gasteiger partial charge in [-0.25, -0.2) is 0 Å². The maximum atomic E-state index is 11.5. The number of carbonyl (C=O) groups excluding carboxylic acids is 1. The van der Waals surface area contributed by atoms with Gasteiger partial charge in [-0.3, -0.25) is 4.79 Å². The molecule has 0 aliphatic carbocycles. The predicted octanol–water partition coefficient (Wildman–Crippen LogP) is 3.11. The number of halogens is 1. The highest BCUT2D eigenvalue weighted by molar-refractivity contribution is 6.31. The summed E-state index contributed by atoms with van der Waals surface area (Å²) in [4.78, 5) is 11.5. The maximum absolute atomic E-state index is 11.5. The van der Waals surface area contributed by atoms with Gasteiger partial charge in [0.1, 0.15) is 18.1 Å². The van der Waals surface area contributed by atoms with Gasteiger partial charge in [-0.2, -0.15) is 15.4 Å². The van der Waals surface area contributed by atoms with Crippen LogP contribution in [0.15, 0.2) is 42.5 Å². The second kappa shape index (κ2) is 6.72. The number of ether oxygens (including phenoxy) is 1. The summed E-state index contributed by atoms with van der Waals surface area (Å²) < 4.78 is 5.88. The van der Waals surface area contributed by atoms with Crippen molar-refractivity contribution in [2.75, 3.05) is 0 Å². The first-order valence-corrected chi connectivity index (χ1v) is 7.61. The molecule has 3 aromatic rings. The number of hydrogen-bond acceptors (Lipinski definition) is 4. The van der Waals surface area contributed by atoms with Crippen LogP contribution in [0.2, 0.25) is 5.02 Å². The van der Waals surface area contributed by atoms with Crippen molar-refractivity contribution >= 4 is 17.5 Å². The molecule has 0 saturated carbocycles. The lowest BCUT2D eigenvalue weighted by Crippen LogP contribution is -2.13. The van der Waals surface area contributed by atoms with Crippen LogP contribution >= 0.6 is 11.6 Å². The molecule has 0 aliphatic heterocycles. The third kappa shape index (κ3) is 3.38. The summed E-state index contributed by atoms with van der Waals surface area (Å²) in [5.74, 6) is -0.139. The van der Waals surface area contributed by atoms with Gasteiger partial charge < -0.3 is 10.5 Å². The van der Waals surface area contributed by atoms with Crippen LogP contribution in [0.25, 0.3) is 11.3 Å². The van der Waals surface area contributed by atoms with Gasteiger partial charge >= 0.3 is 0 Å². The Labute approximate surface area is 143 Å². The largest absolute Gasteiger partial charge is 0.488 e. The number of benzene rings is 2. The Morgan fingerprint density at radius 1 is 1.21 bits per heavy atom. The Morgan fingerprint density at radius 3 is 2.67 bits per heavy atom. The summed E-state index contributed by atoms with van der Waals surface area (Å²) in [6, 6.07) is 13.1. The van der Waals surface area contributed by atoms with E-state index in [-0.39, 0.29) is 5.69 Å². The van der Waals surface area contributed by atoms with Gasteiger partial charge in [0.25, 0.3) is 5.91 Å². The average Bonchev–Trinajstić information content (AvgIpc) is 3.05. The highest BCUT2D eigenvalue weighted by atomic mass is 35.5. The van der Waals surface area contributed by atoms with Crippen molar-refractivity contribution in [3.8, 4) is 17.0 Å². The van der Waals surface area contributed by atoms with Crippen LogP contribution in [0, 0.1) is 6.92 Å². The van der Waals surface area contributed by atoms with E-state index in [2.05, 4.69) is 15.4 Å². The number of aryl methyl sites for hydroxylation is 1. The summed E-state index contributed by atoms with van der Waals surface area (Å²) in [5.41, 5.74) is 8.43. The van der Waals surface area contributed by atoms with Crippen LogP contribution in [0.1, 0.15) is 21.6 Å². The second-order valence-corrected chi connectivity index (χ2v) is 5.74. The molecule has 7 heteroatoms. The lowest BCUT2D eigenvalue weighted by Gasteiger charge is -2.11. The Hall–Kier alpha value is -2.86. The monoisotopic (exact) mass is 342 g/mol. The maximum Gasteiger partial charge on any atom is 0.271 e. The number of rotatable bonds is 5. The first-order valence-electron chi connectivity index (χ1n) is 7.23. The van der Waals surface area contributed by atoms with Crippen molar-refractivity contribution in [3.05, 3.63) is 64.3 Å². The zero-order valence-corrected chi connectivity index (χ0v) is 13.7. The van der Waals surface area contributed by atoms with Crippen molar-refractivity contribution in [2.24, 2.45) is 5.73 Å². The summed E-state index contributed by atoms with van der Waals surface area (Å²) in [6.45, 7) is 2.40.